The van der Waals surface area contributed by atoms with Crippen LogP contribution in [0.1, 0.15) is 16.8 Å². The maximum absolute atomic E-state index is 11.2. The van der Waals surface area contributed by atoms with Gasteiger partial charge in [-0.1, -0.05) is 0 Å². The zero-order chi connectivity index (χ0) is 8.10. The standard InChI is InChI=1S/C8H9NOS/c10-8(3-5-11)7-2-1-4-9-6-7/h1-2,4,6,11H,3,5H2. The number of carbonyl (C=O) groups is 1. The van der Waals surface area contributed by atoms with E-state index < -0.39 is 0 Å². The van der Waals surface area contributed by atoms with Crippen molar-refractivity contribution in [3.8, 4) is 0 Å². The number of rotatable bonds is 3. The van der Waals surface area contributed by atoms with Gasteiger partial charge in [-0.15, -0.1) is 0 Å². The van der Waals surface area contributed by atoms with Gasteiger partial charge in [0.15, 0.2) is 5.78 Å². The predicted octanol–water partition coefficient (Wildman–Crippen LogP) is 1.58. The highest BCUT2D eigenvalue weighted by Gasteiger charge is 2.02. The molecule has 0 saturated heterocycles. The normalized spacial score (nSPS) is 9.55. The third-order valence-electron chi connectivity index (χ3n) is 1.32. The van der Waals surface area contributed by atoms with E-state index in [9.17, 15) is 4.79 Å². The third-order valence-corrected chi connectivity index (χ3v) is 1.55. The van der Waals surface area contributed by atoms with Gasteiger partial charge in [-0.05, 0) is 17.9 Å². The number of carbonyl (C=O) groups excluding carboxylic acids is 1. The second kappa shape index (κ2) is 4.13. The van der Waals surface area contributed by atoms with Gasteiger partial charge in [-0.2, -0.15) is 12.6 Å². The van der Waals surface area contributed by atoms with Gasteiger partial charge in [0.25, 0.3) is 0 Å². The van der Waals surface area contributed by atoms with E-state index in [0.29, 0.717) is 17.7 Å². The summed E-state index contributed by atoms with van der Waals surface area (Å²) in [5, 5.41) is 0. The van der Waals surface area contributed by atoms with E-state index in [4.69, 9.17) is 0 Å². The Labute approximate surface area is 71.1 Å². The lowest BCUT2D eigenvalue weighted by Crippen LogP contribution is -1.99. The van der Waals surface area contributed by atoms with Crippen LogP contribution in [0.3, 0.4) is 0 Å². The molecule has 11 heavy (non-hydrogen) atoms. The van der Waals surface area contributed by atoms with Crippen molar-refractivity contribution in [2.24, 2.45) is 0 Å². The summed E-state index contributed by atoms with van der Waals surface area (Å²) in [4.78, 5) is 15.0. The number of Topliss-reactive ketones (excluding diaryl/α,β-unsaturated/α-hetero) is 1. The highest BCUT2D eigenvalue weighted by atomic mass is 32.1. The van der Waals surface area contributed by atoms with Gasteiger partial charge in [0.1, 0.15) is 0 Å². The average Bonchev–Trinajstić information content (AvgIpc) is 2.07. The molecule has 1 heterocycles. The van der Waals surface area contributed by atoms with E-state index in [0.717, 1.165) is 0 Å². The summed E-state index contributed by atoms with van der Waals surface area (Å²) in [6.45, 7) is 0. The molecule has 0 radical (unpaired) electrons. The topological polar surface area (TPSA) is 30.0 Å². The summed E-state index contributed by atoms with van der Waals surface area (Å²) in [7, 11) is 0. The van der Waals surface area contributed by atoms with E-state index in [1.54, 1.807) is 24.5 Å². The number of ketones is 1. The fourth-order valence-corrected chi connectivity index (χ4v) is 0.977. The molecule has 0 saturated carbocycles. The van der Waals surface area contributed by atoms with E-state index >= 15 is 0 Å². The van der Waals surface area contributed by atoms with Crippen molar-refractivity contribution in [1.82, 2.24) is 4.98 Å². The largest absolute Gasteiger partial charge is 0.294 e. The van der Waals surface area contributed by atoms with Gasteiger partial charge in [0.2, 0.25) is 0 Å². The van der Waals surface area contributed by atoms with Crippen molar-refractivity contribution >= 4 is 18.4 Å². The summed E-state index contributed by atoms with van der Waals surface area (Å²) < 4.78 is 0. The summed E-state index contributed by atoms with van der Waals surface area (Å²) in [5.74, 6) is 0.696. The minimum absolute atomic E-state index is 0.105. The number of hydrogen-bond acceptors (Lipinski definition) is 3. The Morgan fingerprint density at radius 1 is 1.64 bits per heavy atom. The number of aromatic nitrogens is 1. The molecule has 2 nitrogen and oxygen atoms in total. The predicted molar refractivity (Wildman–Crippen MR) is 47.0 cm³/mol. The first kappa shape index (κ1) is 8.27. The third kappa shape index (κ3) is 2.35. The highest BCUT2D eigenvalue weighted by Crippen LogP contribution is 2.00. The molecule has 0 amide bonds. The summed E-state index contributed by atoms with van der Waals surface area (Å²) in [5.41, 5.74) is 0.668. The molecular formula is C8H9NOS. The van der Waals surface area contributed by atoms with E-state index in [-0.39, 0.29) is 5.78 Å². The Hall–Kier alpha value is -0.830. The summed E-state index contributed by atoms with van der Waals surface area (Å²) >= 11 is 3.97. The Morgan fingerprint density at radius 2 is 2.45 bits per heavy atom. The fourth-order valence-electron chi connectivity index (χ4n) is 0.774. The molecule has 0 atom stereocenters. The maximum atomic E-state index is 11.2. The van der Waals surface area contributed by atoms with Crippen molar-refractivity contribution in [3.05, 3.63) is 30.1 Å². The number of thiol groups is 1. The summed E-state index contributed by atoms with van der Waals surface area (Å²) in [6, 6.07) is 3.52. The molecule has 1 aromatic heterocycles. The molecule has 3 heteroatoms. The molecular weight excluding hydrogens is 158 g/mol. The Balaban J connectivity index is 2.69. The Morgan fingerprint density at radius 3 is 3.00 bits per heavy atom. The lowest BCUT2D eigenvalue weighted by atomic mass is 10.1. The quantitative estimate of drug-likeness (QED) is 0.547. The number of nitrogens with zero attached hydrogens (tertiary/aromatic N) is 1. The molecule has 0 N–H and O–H groups in total. The van der Waals surface area contributed by atoms with Crippen LogP contribution in [0.2, 0.25) is 0 Å². The molecule has 0 unspecified atom stereocenters. The number of pyridine rings is 1. The van der Waals surface area contributed by atoms with Crippen LogP contribution in [0.4, 0.5) is 0 Å². The minimum atomic E-state index is 0.105. The number of hydrogen-bond donors (Lipinski definition) is 1. The SMILES string of the molecule is O=C(CCS)c1cccnc1. The van der Waals surface area contributed by atoms with Crippen LogP contribution in [0.15, 0.2) is 24.5 Å². The van der Waals surface area contributed by atoms with Crippen LogP contribution < -0.4 is 0 Å². The molecule has 0 aliphatic carbocycles. The lowest BCUT2D eigenvalue weighted by Gasteiger charge is -1.95. The smallest absolute Gasteiger partial charge is 0.165 e. The Bertz CT molecular complexity index is 235. The molecule has 0 bridgehead atoms. The van der Waals surface area contributed by atoms with Crippen LogP contribution in [0.25, 0.3) is 0 Å². The molecule has 0 spiro atoms. The zero-order valence-electron chi connectivity index (χ0n) is 6.03. The summed E-state index contributed by atoms with van der Waals surface area (Å²) in [6.07, 6.45) is 3.71. The van der Waals surface area contributed by atoms with Crippen LogP contribution in [-0.4, -0.2) is 16.5 Å². The minimum Gasteiger partial charge on any atom is -0.294 e. The first-order chi connectivity index (χ1) is 5.34. The van der Waals surface area contributed by atoms with Crippen LogP contribution in [0, 0.1) is 0 Å². The molecule has 58 valence electrons. The second-order valence-corrected chi connectivity index (χ2v) is 2.59. The van der Waals surface area contributed by atoms with Crippen LogP contribution >= 0.6 is 12.6 Å². The van der Waals surface area contributed by atoms with Crippen LogP contribution in [-0.2, 0) is 0 Å². The van der Waals surface area contributed by atoms with Crippen molar-refractivity contribution in [3.63, 3.8) is 0 Å². The van der Waals surface area contributed by atoms with Crippen molar-refractivity contribution in [2.45, 2.75) is 6.42 Å². The Kier molecular flexibility index (Phi) is 3.11. The fraction of sp³-hybridized carbons (Fsp3) is 0.250. The average molecular weight is 167 g/mol. The van der Waals surface area contributed by atoms with E-state index in [2.05, 4.69) is 17.6 Å². The van der Waals surface area contributed by atoms with Crippen LogP contribution in [0.5, 0.6) is 0 Å². The van der Waals surface area contributed by atoms with Gasteiger partial charge in [0.05, 0.1) is 0 Å². The first-order valence-electron chi connectivity index (χ1n) is 3.38. The molecule has 0 fully saturated rings. The van der Waals surface area contributed by atoms with Gasteiger partial charge >= 0.3 is 0 Å². The molecule has 0 aliphatic heterocycles. The second-order valence-electron chi connectivity index (χ2n) is 2.14. The van der Waals surface area contributed by atoms with Gasteiger partial charge in [-0.25, -0.2) is 0 Å². The monoisotopic (exact) mass is 167 g/mol. The zero-order valence-corrected chi connectivity index (χ0v) is 6.92. The molecule has 1 aromatic rings. The molecule has 0 aliphatic rings. The van der Waals surface area contributed by atoms with Crippen molar-refractivity contribution in [2.75, 3.05) is 5.75 Å². The van der Waals surface area contributed by atoms with Crippen molar-refractivity contribution < 1.29 is 4.79 Å². The van der Waals surface area contributed by atoms with E-state index in [1.807, 2.05) is 0 Å². The van der Waals surface area contributed by atoms with Gasteiger partial charge in [-0.3, -0.25) is 9.78 Å². The first-order valence-corrected chi connectivity index (χ1v) is 4.02. The van der Waals surface area contributed by atoms with Gasteiger partial charge < -0.3 is 0 Å². The molecule has 1 rings (SSSR count). The highest BCUT2D eigenvalue weighted by molar-refractivity contribution is 7.80. The van der Waals surface area contributed by atoms with Gasteiger partial charge in [0, 0.05) is 24.4 Å². The van der Waals surface area contributed by atoms with Crippen molar-refractivity contribution in [1.29, 1.82) is 0 Å². The van der Waals surface area contributed by atoms with E-state index in [1.165, 1.54) is 0 Å². The lowest BCUT2D eigenvalue weighted by molar-refractivity contribution is 0.0989. The maximum Gasteiger partial charge on any atom is 0.165 e. The molecule has 0 aromatic carbocycles.